The number of halogens is 1. The van der Waals surface area contributed by atoms with Crippen LogP contribution in [0.5, 0.6) is 0 Å². The number of fused-ring (bicyclic) bond motifs is 1. The molecule has 15 heavy (non-hydrogen) atoms. The minimum Gasteiger partial charge on any atom is -0.248 e. The number of alkyl halides is 1. The summed E-state index contributed by atoms with van der Waals surface area (Å²) in [7, 11) is 0. The molecule has 0 amide bonds. The third-order valence-corrected chi connectivity index (χ3v) is 2.40. The molecule has 76 valence electrons. The predicted octanol–water partition coefficient (Wildman–Crippen LogP) is 3.88. The third kappa shape index (κ3) is 2.57. The average molecular weight is 218 g/mol. The van der Waals surface area contributed by atoms with Crippen LogP contribution in [0, 0.1) is 0 Å². The topological polar surface area (TPSA) is 12.9 Å². The Morgan fingerprint density at radius 2 is 2.00 bits per heavy atom. The highest BCUT2D eigenvalue weighted by Crippen LogP contribution is 2.12. The van der Waals surface area contributed by atoms with E-state index in [0.29, 0.717) is 5.88 Å². The van der Waals surface area contributed by atoms with Crippen molar-refractivity contribution >= 4 is 28.6 Å². The Labute approximate surface area is 94.4 Å². The minimum absolute atomic E-state index is 0.657. The number of aromatic nitrogens is 1. The molecule has 2 rings (SSSR count). The van der Waals surface area contributed by atoms with Crippen LogP contribution in [0.1, 0.15) is 12.1 Å². The van der Waals surface area contributed by atoms with Gasteiger partial charge in [-0.1, -0.05) is 30.3 Å². The lowest BCUT2D eigenvalue weighted by Gasteiger charge is -1.97. The van der Waals surface area contributed by atoms with Gasteiger partial charge in [-0.3, -0.25) is 0 Å². The van der Waals surface area contributed by atoms with E-state index in [1.165, 1.54) is 5.39 Å². The number of nitrogens with zero attached hydrogens (tertiary/aromatic N) is 1. The highest BCUT2D eigenvalue weighted by Gasteiger charge is 1.93. The number of rotatable bonds is 3. The zero-order valence-corrected chi connectivity index (χ0v) is 9.11. The van der Waals surface area contributed by atoms with Crippen LogP contribution in [0.2, 0.25) is 0 Å². The van der Waals surface area contributed by atoms with Gasteiger partial charge in [0.15, 0.2) is 0 Å². The molecule has 0 atom stereocenters. The maximum Gasteiger partial charge on any atom is 0.0709 e. The number of hydrogen-bond donors (Lipinski definition) is 0. The molecule has 0 spiro atoms. The van der Waals surface area contributed by atoms with E-state index in [-0.39, 0.29) is 0 Å². The smallest absolute Gasteiger partial charge is 0.0709 e. The van der Waals surface area contributed by atoms with Crippen LogP contribution < -0.4 is 0 Å². The first-order chi connectivity index (χ1) is 7.40. The van der Waals surface area contributed by atoms with Gasteiger partial charge in [0.2, 0.25) is 0 Å². The van der Waals surface area contributed by atoms with E-state index in [0.717, 1.165) is 17.6 Å². The van der Waals surface area contributed by atoms with Crippen LogP contribution in [-0.2, 0) is 0 Å². The van der Waals surface area contributed by atoms with Gasteiger partial charge in [0, 0.05) is 11.3 Å². The third-order valence-electron chi connectivity index (χ3n) is 2.18. The number of benzene rings is 1. The van der Waals surface area contributed by atoms with Crippen molar-refractivity contribution in [3.05, 3.63) is 48.2 Å². The molecule has 1 aromatic carbocycles. The SMILES string of the molecule is ClCCC=Cc1ccc2ccccc2n1. The van der Waals surface area contributed by atoms with E-state index in [1.807, 2.05) is 36.4 Å². The van der Waals surface area contributed by atoms with E-state index in [1.54, 1.807) is 0 Å². The molecule has 0 bridgehead atoms. The van der Waals surface area contributed by atoms with Crippen LogP contribution in [0.15, 0.2) is 42.5 Å². The maximum absolute atomic E-state index is 5.59. The first-order valence-electron chi connectivity index (χ1n) is 4.98. The van der Waals surface area contributed by atoms with Gasteiger partial charge in [-0.2, -0.15) is 0 Å². The van der Waals surface area contributed by atoms with Crippen molar-refractivity contribution in [1.82, 2.24) is 4.98 Å². The summed E-state index contributed by atoms with van der Waals surface area (Å²) in [5, 5.41) is 1.17. The van der Waals surface area contributed by atoms with Gasteiger partial charge in [0.1, 0.15) is 0 Å². The molecular weight excluding hydrogens is 206 g/mol. The van der Waals surface area contributed by atoms with Crippen LogP contribution in [0.3, 0.4) is 0 Å². The van der Waals surface area contributed by atoms with Crippen LogP contribution in [0.4, 0.5) is 0 Å². The summed E-state index contributed by atoms with van der Waals surface area (Å²) < 4.78 is 0. The highest BCUT2D eigenvalue weighted by molar-refractivity contribution is 6.17. The number of allylic oxidation sites excluding steroid dienone is 1. The normalized spacial score (nSPS) is 11.3. The first-order valence-corrected chi connectivity index (χ1v) is 5.52. The van der Waals surface area contributed by atoms with Gasteiger partial charge >= 0.3 is 0 Å². The molecule has 0 saturated carbocycles. The molecule has 1 aromatic heterocycles. The van der Waals surface area contributed by atoms with E-state index in [4.69, 9.17) is 11.6 Å². The van der Waals surface area contributed by atoms with Crippen molar-refractivity contribution in [3.63, 3.8) is 0 Å². The number of hydrogen-bond acceptors (Lipinski definition) is 1. The molecule has 0 N–H and O–H groups in total. The molecule has 2 aromatic rings. The summed E-state index contributed by atoms with van der Waals surface area (Å²) in [4.78, 5) is 4.52. The van der Waals surface area contributed by atoms with Crippen molar-refractivity contribution in [3.8, 4) is 0 Å². The number of pyridine rings is 1. The second kappa shape index (κ2) is 4.94. The molecule has 2 heteroatoms. The number of para-hydroxylation sites is 1. The predicted molar refractivity (Wildman–Crippen MR) is 66.1 cm³/mol. The molecule has 0 unspecified atom stereocenters. The fraction of sp³-hybridized carbons (Fsp3) is 0.154. The van der Waals surface area contributed by atoms with Crippen LogP contribution >= 0.6 is 11.6 Å². The zero-order chi connectivity index (χ0) is 10.5. The summed E-state index contributed by atoms with van der Waals surface area (Å²) >= 11 is 5.59. The monoisotopic (exact) mass is 217 g/mol. The molecule has 0 radical (unpaired) electrons. The Morgan fingerprint density at radius 3 is 2.87 bits per heavy atom. The zero-order valence-electron chi connectivity index (χ0n) is 8.36. The van der Waals surface area contributed by atoms with Crippen molar-refractivity contribution in [2.45, 2.75) is 6.42 Å². The standard InChI is InChI=1S/C13H12ClN/c14-10-4-3-6-12-9-8-11-5-1-2-7-13(11)15-12/h1-3,5-9H,4,10H2. The highest BCUT2D eigenvalue weighted by atomic mass is 35.5. The lowest BCUT2D eigenvalue weighted by Crippen LogP contribution is -1.82. The first kappa shape index (κ1) is 10.2. The largest absolute Gasteiger partial charge is 0.248 e. The second-order valence-corrected chi connectivity index (χ2v) is 3.69. The van der Waals surface area contributed by atoms with Gasteiger partial charge in [-0.25, -0.2) is 4.98 Å². The molecule has 1 nitrogen and oxygen atoms in total. The van der Waals surface area contributed by atoms with Gasteiger partial charge < -0.3 is 0 Å². The molecule has 0 aliphatic rings. The molecule has 0 fully saturated rings. The summed E-state index contributed by atoms with van der Waals surface area (Å²) in [5.41, 5.74) is 2.02. The lowest BCUT2D eigenvalue weighted by molar-refractivity contribution is 1.24. The summed E-state index contributed by atoms with van der Waals surface area (Å²) in [6, 6.07) is 12.2. The molecule has 0 aliphatic heterocycles. The van der Waals surface area contributed by atoms with Gasteiger partial charge in [-0.15, -0.1) is 11.6 Å². The molecule has 1 heterocycles. The molecule has 0 saturated heterocycles. The minimum atomic E-state index is 0.657. The average Bonchev–Trinajstić information content (AvgIpc) is 2.29. The van der Waals surface area contributed by atoms with Crippen molar-refractivity contribution in [2.24, 2.45) is 0 Å². The van der Waals surface area contributed by atoms with Crippen molar-refractivity contribution in [2.75, 3.05) is 5.88 Å². The quantitative estimate of drug-likeness (QED) is 0.712. The Morgan fingerprint density at radius 1 is 1.13 bits per heavy atom. The summed E-state index contributed by atoms with van der Waals surface area (Å²) in [6.07, 6.45) is 4.94. The van der Waals surface area contributed by atoms with Crippen molar-refractivity contribution < 1.29 is 0 Å². The van der Waals surface area contributed by atoms with E-state index < -0.39 is 0 Å². The van der Waals surface area contributed by atoms with Gasteiger partial charge in [0.05, 0.1) is 11.2 Å². The van der Waals surface area contributed by atoms with E-state index >= 15 is 0 Å². The summed E-state index contributed by atoms with van der Waals surface area (Å²) in [6.45, 7) is 0. The van der Waals surface area contributed by atoms with E-state index in [9.17, 15) is 0 Å². The fourth-order valence-electron chi connectivity index (χ4n) is 1.44. The fourth-order valence-corrected chi connectivity index (χ4v) is 1.57. The summed E-state index contributed by atoms with van der Waals surface area (Å²) in [5.74, 6) is 0.657. The van der Waals surface area contributed by atoms with Gasteiger partial charge in [0.25, 0.3) is 0 Å². The van der Waals surface area contributed by atoms with Crippen LogP contribution in [0.25, 0.3) is 17.0 Å². The Balaban J connectivity index is 2.30. The second-order valence-electron chi connectivity index (χ2n) is 3.31. The molecule has 0 aliphatic carbocycles. The maximum atomic E-state index is 5.59. The lowest BCUT2D eigenvalue weighted by atomic mass is 10.2. The van der Waals surface area contributed by atoms with E-state index in [2.05, 4.69) is 17.1 Å². The van der Waals surface area contributed by atoms with Crippen molar-refractivity contribution in [1.29, 1.82) is 0 Å². The Hall–Kier alpha value is -1.34. The Kier molecular flexibility index (Phi) is 3.36. The van der Waals surface area contributed by atoms with Crippen LogP contribution in [-0.4, -0.2) is 10.9 Å². The molecular formula is C13H12ClN. The van der Waals surface area contributed by atoms with Gasteiger partial charge in [-0.05, 0) is 24.6 Å². The Bertz CT molecular complexity index is 477.